The van der Waals surface area contributed by atoms with Gasteiger partial charge in [-0.05, 0) is 25.3 Å². The van der Waals surface area contributed by atoms with Crippen molar-refractivity contribution in [3.05, 3.63) is 12.2 Å². The molecule has 9 heavy (non-hydrogen) atoms. The van der Waals surface area contributed by atoms with E-state index in [0.29, 0.717) is 0 Å². The Morgan fingerprint density at radius 1 is 1.67 bits per heavy atom. The zero-order valence-corrected chi connectivity index (χ0v) is 5.93. The molecule has 0 aliphatic heterocycles. The normalized spacial score (nSPS) is 21.7. The Morgan fingerprint density at radius 3 is 3.11 bits per heavy atom. The minimum Gasteiger partial charge on any atom is -0.290 e. The second kappa shape index (κ2) is 3.44. The molecule has 0 bridgehead atoms. The lowest BCUT2D eigenvalue weighted by molar-refractivity contribution is 0.926. The SMILES string of the molecule is CCCN=C1C=CCC1. The molecule has 1 heteroatoms. The molecule has 0 fully saturated rings. The summed E-state index contributed by atoms with van der Waals surface area (Å²) in [5.74, 6) is 0. The van der Waals surface area contributed by atoms with Gasteiger partial charge in [0.2, 0.25) is 0 Å². The van der Waals surface area contributed by atoms with Crippen LogP contribution in [0.2, 0.25) is 0 Å². The predicted molar refractivity (Wildman–Crippen MR) is 41.0 cm³/mol. The van der Waals surface area contributed by atoms with Gasteiger partial charge in [0.25, 0.3) is 0 Å². The van der Waals surface area contributed by atoms with Crippen molar-refractivity contribution in [1.82, 2.24) is 0 Å². The topological polar surface area (TPSA) is 12.4 Å². The monoisotopic (exact) mass is 123 g/mol. The highest BCUT2D eigenvalue weighted by molar-refractivity contribution is 5.96. The van der Waals surface area contributed by atoms with Crippen LogP contribution in [0.25, 0.3) is 0 Å². The summed E-state index contributed by atoms with van der Waals surface area (Å²) in [7, 11) is 0. The van der Waals surface area contributed by atoms with E-state index in [1.54, 1.807) is 0 Å². The highest BCUT2D eigenvalue weighted by Crippen LogP contribution is 2.05. The Balaban J connectivity index is 2.32. The van der Waals surface area contributed by atoms with E-state index < -0.39 is 0 Å². The summed E-state index contributed by atoms with van der Waals surface area (Å²) in [6, 6.07) is 0. The minimum atomic E-state index is 1.000. The average molecular weight is 123 g/mol. The molecule has 0 saturated carbocycles. The maximum atomic E-state index is 4.37. The highest BCUT2D eigenvalue weighted by Gasteiger charge is 1.97. The lowest BCUT2D eigenvalue weighted by atomic mass is 10.3. The van der Waals surface area contributed by atoms with E-state index >= 15 is 0 Å². The van der Waals surface area contributed by atoms with Gasteiger partial charge in [0, 0.05) is 12.3 Å². The number of rotatable bonds is 2. The first kappa shape index (κ1) is 6.53. The van der Waals surface area contributed by atoms with Crippen molar-refractivity contribution in [2.75, 3.05) is 6.54 Å². The van der Waals surface area contributed by atoms with Crippen LogP contribution in [0, 0.1) is 0 Å². The molecule has 1 nitrogen and oxygen atoms in total. The molecule has 1 rings (SSSR count). The van der Waals surface area contributed by atoms with Crippen LogP contribution in [-0.2, 0) is 0 Å². The Kier molecular flexibility index (Phi) is 2.49. The van der Waals surface area contributed by atoms with E-state index in [2.05, 4.69) is 24.1 Å². The molecule has 0 amide bonds. The molecule has 0 aromatic carbocycles. The summed E-state index contributed by atoms with van der Waals surface area (Å²) < 4.78 is 0. The third-order valence-electron chi connectivity index (χ3n) is 1.42. The first-order chi connectivity index (χ1) is 4.43. The third-order valence-corrected chi connectivity index (χ3v) is 1.42. The number of aliphatic imine (C=N–C) groups is 1. The summed E-state index contributed by atoms with van der Waals surface area (Å²) in [5.41, 5.74) is 1.29. The van der Waals surface area contributed by atoms with E-state index in [-0.39, 0.29) is 0 Å². The molecule has 1 aliphatic rings. The third kappa shape index (κ3) is 2.00. The fourth-order valence-electron chi connectivity index (χ4n) is 0.921. The van der Waals surface area contributed by atoms with E-state index in [1.807, 2.05) is 0 Å². The Labute approximate surface area is 56.5 Å². The minimum absolute atomic E-state index is 1.000. The molecular formula is C8H13N. The largest absolute Gasteiger partial charge is 0.290 e. The fourth-order valence-corrected chi connectivity index (χ4v) is 0.921. The molecule has 0 N–H and O–H groups in total. The van der Waals surface area contributed by atoms with E-state index in [9.17, 15) is 0 Å². The number of hydrogen-bond donors (Lipinski definition) is 0. The van der Waals surface area contributed by atoms with Gasteiger partial charge in [0.15, 0.2) is 0 Å². The molecule has 0 aromatic heterocycles. The van der Waals surface area contributed by atoms with Crippen LogP contribution in [0.3, 0.4) is 0 Å². The molecule has 0 atom stereocenters. The van der Waals surface area contributed by atoms with Gasteiger partial charge in [-0.15, -0.1) is 0 Å². The molecular weight excluding hydrogens is 110 g/mol. The first-order valence-electron chi connectivity index (χ1n) is 3.63. The first-order valence-corrected chi connectivity index (χ1v) is 3.63. The second-order valence-corrected chi connectivity index (χ2v) is 2.31. The van der Waals surface area contributed by atoms with Crippen LogP contribution < -0.4 is 0 Å². The Bertz CT molecular complexity index is 134. The number of hydrogen-bond acceptors (Lipinski definition) is 1. The Morgan fingerprint density at radius 2 is 2.56 bits per heavy atom. The number of nitrogens with zero attached hydrogens (tertiary/aromatic N) is 1. The zero-order valence-electron chi connectivity index (χ0n) is 5.93. The van der Waals surface area contributed by atoms with Gasteiger partial charge in [-0.3, -0.25) is 4.99 Å². The van der Waals surface area contributed by atoms with Crippen LogP contribution in [-0.4, -0.2) is 12.3 Å². The molecule has 0 spiro atoms. The van der Waals surface area contributed by atoms with Crippen molar-refractivity contribution in [2.24, 2.45) is 4.99 Å². The van der Waals surface area contributed by atoms with Gasteiger partial charge in [-0.2, -0.15) is 0 Å². The van der Waals surface area contributed by atoms with Gasteiger partial charge in [0.1, 0.15) is 0 Å². The van der Waals surface area contributed by atoms with E-state index in [4.69, 9.17) is 0 Å². The lowest BCUT2D eigenvalue weighted by Gasteiger charge is -1.90. The van der Waals surface area contributed by atoms with Crippen LogP contribution in [0.15, 0.2) is 17.1 Å². The molecule has 0 unspecified atom stereocenters. The standard InChI is InChI=1S/C8H13N/c1-2-7-9-8-5-3-4-6-8/h3,5H,2,4,6-7H2,1H3. The summed E-state index contributed by atoms with van der Waals surface area (Å²) in [5, 5.41) is 0. The van der Waals surface area contributed by atoms with Crippen molar-refractivity contribution in [1.29, 1.82) is 0 Å². The van der Waals surface area contributed by atoms with Crippen molar-refractivity contribution < 1.29 is 0 Å². The van der Waals surface area contributed by atoms with E-state index in [0.717, 1.165) is 13.0 Å². The zero-order chi connectivity index (χ0) is 6.53. The van der Waals surface area contributed by atoms with Gasteiger partial charge >= 0.3 is 0 Å². The van der Waals surface area contributed by atoms with Crippen LogP contribution in [0.5, 0.6) is 0 Å². The molecule has 0 saturated heterocycles. The summed E-state index contributed by atoms with van der Waals surface area (Å²) in [4.78, 5) is 4.37. The van der Waals surface area contributed by atoms with Gasteiger partial charge in [-0.25, -0.2) is 0 Å². The molecule has 0 heterocycles. The maximum absolute atomic E-state index is 4.37. The van der Waals surface area contributed by atoms with Gasteiger partial charge < -0.3 is 0 Å². The quantitative estimate of drug-likeness (QED) is 0.533. The summed E-state index contributed by atoms with van der Waals surface area (Å²) >= 11 is 0. The van der Waals surface area contributed by atoms with Crippen LogP contribution in [0.4, 0.5) is 0 Å². The fraction of sp³-hybridized carbons (Fsp3) is 0.625. The average Bonchev–Trinajstić information content (AvgIpc) is 2.34. The highest BCUT2D eigenvalue weighted by atomic mass is 14.7. The number of allylic oxidation sites excluding steroid dienone is 2. The predicted octanol–water partition coefficient (Wildman–Crippen LogP) is 2.19. The van der Waals surface area contributed by atoms with Crippen molar-refractivity contribution in [3.63, 3.8) is 0 Å². The van der Waals surface area contributed by atoms with Gasteiger partial charge in [0.05, 0.1) is 0 Å². The molecule has 0 aromatic rings. The summed E-state index contributed by atoms with van der Waals surface area (Å²) in [6.07, 6.45) is 7.85. The van der Waals surface area contributed by atoms with Crippen molar-refractivity contribution >= 4 is 5.71 Å². The van der Waals surface area contributed by atoms with E-state index in [1.165, 1.54) is 18.6 Å². The van der Waals surface area contributed by atoms with Crippen LogP contribution in [0.1, 0.15) is 26.2 Å². The van der Waals surface area contributed by atoms with Crippen molar-refractivity contribution in [2.45, 2.75) is 26.2 Å². The molecule has 50 valence electrons. The molecule has 1 aliphatic carbocycles. The van der Waals surface area contributed by atoms with Gasteiger partial charge in [-0.1, -0.05) is 13.0 Å². The lowest BCUT2D eigenvalue weighted by Crippen LogP contribution is -1.88. The Hall–Kier alpha value is -0.590. The summed E-state index contributed by atoms with van der Waals surface area (Å²) in [6.45, 7) is 3.16. The second-order valence-electron chi connectivity index (χ2n) is 2.31. The molecule has 0 radical (unpaired) electrons. The maximum Gasteiger partial charge on any atom is 0.0389 e. The van der Waals surface area contributed by atoms with Crippen LogP contribution >= 0.6 is 0 Å². The van der Waals surface area contributed by atoms with Crippen molar-refractivity contribution in [3.8, 4) is 0 Å². The smallest absolute Gasteiger partial charge is 0.0389 e.